The van der Waals surface area contributed by atoms with E-state index < -0.39 is 0 Å². The van der Waals surface area contributed by atoms with Crippen LogP contribution in [0, 0.1) is 18.4 Å². The first-order valence-corrected chi connectivity index (χ1v) is 1.57. The highest BCUT2D eigenvalue weighted by Crippen LogP contribution is 1.63. The number of terminal acetylenes is 1. The maximum absolute atomic E-state index is 4.77. The molecule has 0 nitrogen and oxygen atoms in total. The van der Waals surface area contributed by atoms with Crippen LogP contribution in [-0.4, -0.2) is 0 Å². The Labute approximate surface area is 38.2 Å². The summed E-state index contributed by atoms with van der Waals surface area (Å²) in [6, 6.07) is 0. The topological polar surface area (TPSA) is 0 Å². The SMILES string of the molecule is C#C/[C]=C/C=C. The van der Waals surface area contributed by atoms with Gasteiger partial charge in [-0.3, -0.25) is 0 Å². The highest BCUT2D eigenvalue weighted by atomic mass is 13.5. The van der Waals surface area contributed by atoms with E-state index in [9.17, 15) is 0 Å². The minimum absolute atomic E-state index is 1.58. The molecule has 0 amide bonds. The predicted molar refractivity (Wildman–Crippen MR) is 26.8 cm³/mol. The van der Waals surface area contributed by atoms with Crippen LogP contribution in [0.3, 0.4) is 0 Å². The van der Waals surface area contributed by atoms with Crippen molar-refractivity contribution in [2.45, 2.75) is 0 Å². The molecule has 0 spiro atoms. The summed E-state index contributed by atoms with van der Waals surface area (Å²) in [7, 11) is 0. The molecule has 1 radical (unpaired) electrons. The van der Waals surface area contributed by atoms with Crippen molar-refractivity contribution in [3.05, 3.63) is 24.8 Å². The molecule has 0 N–H and O–H groups in total. The van der Waals surface area contributed by atoms with Crippen molar-refractivity contribution in [1.29, 1.82) is 0 Å². The Morgan fingerprint density at radius 1 is 1.67 bits per heavy atom. The Kier molecular flexibility index (Phi) is 3.39. The van der Waals surface area contributed by atoms with Gasteiger partial charge in [0.1, 0.15) is 0 Å². The molecule has 0 rings (SSSR count). The minimum Gasteiger partial charge on any atom is -0.115 e. The average molecular weight is 77.1 g/mol. The van der Waals surface area contributed by atoms with Gasteiger partial charge in [0.25, 0.3) is 0 Å². The molecule has 0 aliphatic heterocycles. The molecule has 0 heteroatoms. The van der Waals surface area contributed by atoms with Crippen molar-refractivity contribution in [2.75, 3.05) is 0 Å². The van der Waals surface area contributed by atoms with Crippen molar-refractivity contribution >= 4 is 0 Å². The van der Waals surface area contributed by atoms with Crippen molar-refractivity contribution in [3.63, 3.8) is 0 Å². The second-order valence-corrected chi connectivity index (χ2v) is 0.691. The fourth-order valence-electron chi connectivity index (χ4n) is 0.107. The van der Waals surface area contributed by atoms with Crippen LogP contribution in [0.5, 0.6) is 0 Å². The summed E-state index contributed by atoms with van der Waals surface area (Å²) in [6.07, 6.45) is 10.4. The van der Waals surface area contributed by atoms with Crippen LogP contribution < -0.4 is 0 Å². The summed E-state index contributed by atoms with van der Waals surface area (Å²) >= 11 is 0. The van der Waals surface area contributed by atoms with Crippen molar-refractivity contribution < 1.29 is 0 Å². The molecular formula is C6H5. The fourth-order valence-corrected chi connectivity index (χ4v) is 0.107. The molecule has 0 aliphatic rings. The van der Waals surface area contributed by atoms with E-state index in [1.54, 1.807) is 12.2 Å². The number of allylic oxidation sites excluding steroid dienone is 3. The Bertz CT molecular complexity index is 91.1. The van der Waals surface area contributed by atoms with Gasteiger partial charge >= 0.3 is 0 Å². The number of rotatable bonds is 1. The smallest absolute Gasteiger partial charge is 0.0398 e. The number of hydrogen-bond donors (Lipinski definition) is 0. The van der Waals surface area contributed by atoms with E-state index in [2.05, 4.69) is 18.6 Å². The molecule has 0 aromatic rings. The normalized spacial score (nSPS) is 7.83. The van der Waals surface area contributed by atoms with Gasteiger partial charge in [0.05, 0.1) is 0 Å². The highest BCUT2D eigenvalue weighted by molar-refractivity contribution is 5.06. The molecule has 0 fully saturated rings. The summed E-state index contributed by atoms with van der Waals surface area (Å²) in [4.78, 5) is 0. The van der Waals surface area contributed by atoms with E-state index in [1.165, 1.54) is 0 Å². The monoisotopic (exact) mass is 77.0 g/mol. The molecule has 0 saturated heterocycles. The lowest BCUT2D eigenvalue weighted by Crippen LogP contribution is -1.41. The van der Waals surface area contributed by atoms with Gasteiger partial charge in [-0.2, -0.15) is 0 Å². The molecule has 0 heterocycles. The van der Waals surface area contributed by atoms with Gasteiger partial charge in [0.2, 0.25) is 0 Å². The second kappa shape index (κ2) is 4.04. The molecule has 0 atom stereocenters. The van der Waals surface area contributed by atoms with E-state index in [0.29, 0.717) is 0 Å². The van der Waals surface area contributed by atoms with Crippen LogP contribution in [0.25, 0.3) is 0 Å². The molecule has 0 aliphatic carbocycles. The zero-order valence-corrected chi connectivity index (χ0v) is 3.44. The first-order valence-electron chi connectivity index (χ1n) is 1.57. The van der Waals surface area contributed by atoms with E-state index in [4.69, 9.17) is 6.42 Å². The first-order chi connectivity index (χ1) is 2.91. The molecular weight excluding hydrogens is 72.1 g/mol. The quantitative estimate of drug-likeness (QED) is 0.325. The van der Waals surface area contributed by atoms with Gasteiger partial charge < -0.3 is 0 Å². The van der Waals surface area contributed by atoms with Crippen LogP contribution in [0.15, 0.2) is 18.7 Å². The average Bonchev–Trinajstić information content (AvgIpc) is 1.61. The van der Waals surface area contributed by atoms with Crippen molar-refractivity contribution in [1.82, 2.24) is 0 Å². The second-order valence-electron chi connectivity index (χ2n) is 0.691. The largest absolute Gasteiger partial charge is 0.115 e. The van der Waals surface area contributed by atoms with Gasteiger partial charge in [0.15, 0.2) is 0 Å². The molecule has 29 valence electrons. The lowest BCUT2D eigenvalue weighted by Gasteiger charge is -1.55. The molecule has 0 saturated carbocycles. The van der Waals surface area contributed by atoms with Gasteiger partial charge in [-0.1, -0.05) is 18.6 Å². The Balaban J connectivity index is 3.26. The minimum atomic E-state index is 1.58. The summed E-state index contributed by atoms with van der Waals surface area (Å²) < 4.78 is 0. The lowest BCUT2D eigenvalue weighted by atomic mass is 10.5. The van der Waals surface area contributed by atoms with Crippen molar-refractivity contribution in [3.8, 4) is 12.3 Å². The van der Waals surface area contributed by atoms with Crippen LogP contribution in [-0.2, 0) is 0 Å². The maximum Gasteiger partial charge on any atom is 0.0398 e. The zero-order chi connectivity index (χ0) is 4.83. The van der Waals surface area contributed by atoms with E-state index >= 15 is 0 Å². The van der Waals surface area contributed by atoms with Crippen LogP contribution in [0.4, 0.5) is 0 Å². The molecule has 0 aromatic carbocycles. The van der Waals surface area contributed by atoms with Gasteiger partial charge in [-0.15, -0.1) is 6.42 Å². The summed E-state index contributed by atoms with van der Waals surface area (Å²) in [5, 5.41) is 0. The first kappa shape index (κ1) is 5.04. The summed E-state index contributed by atoms with van der Waals surface area (Å²) in [6.45, 7) is 3.38. The van der Waals surface area contributed by atoms with E-state index in [0.717, 1.165) is 0 Å². The van der Waals surface area contributed by atoms with Gasteiger partial charge in [-0.05, 0) is 6.08 Å². The number of hydrogen-bond acceptors (Lipinski definition) is 0. The highest BCUT2D eigenvalue weighted by Gasteiger charge is 1.48. The lowest BCUT2D eigenvalue weighted by molar-refractivity contribution is 1.97. The third-order valence-corrected chi connectivity index (χ3v) is 0.285. The van der Waals surface area contributed by atoms with Crippen LogP contribution in [0.2, 0.25) is 0 Å². The van der Waals surface area contributed by atoms with E-state index in [-0.39, 0.29) is 0 Å². The van der Waals surface area contributed by atoms with Gasteiger partial charge in [-0.25, -0.2) is 0 Å². The van der Waals surface area contributed by atoms with Crippen molar-refractivity contribution in [2.24, 2.45) is 0 Å². The van der Waals surface area contributed by atoms with Crippen LogP contribution >= 0.6 is 0 Å². The Morgan fingerprint density at radius 2 is 2.33 bits per heavy atom. The third-order valence-electron chi connectivity index (χ3n) is 0.285. The third kappa shape index (κ3) is 3.04. The summed E-state index contributed by atoms with van der Waals surface area (Å²) in [5.41, 5.74) is 0. The maximum atomic E-state index is 4.77. The van der Waals surface area contributed by atoms with Crippen LogP contribution in [0.1, 0.15) is 0 Å². The predicted octanol–water partition coefficient (Wildman–Crippen LogP) is 1.16. The molecule has 0 aromatic heterocycles. The molecule has 6 heavy (non-hydrogen) atoms. The Morgan fingerprint density at radius 3 is 2.50 bits per heavy atom. The fraction of sp³-hybridized carbons (Fsp3) is 0. The zero-order valence-electron chi connectivity index (χ0n) is 3.44. The van der Waals surface area contributed by atoms with E-state index in [1.807, 2.05) is 0 Å². The standard InChI is InChI=1S/C6H5/c1-3-5-6-4-2/h1,4,6H,2H2. The Hall–Kier alpha value is -0.960. The van der Waals surface area contributed by atoms with Gasteiger partial charge in [0, 0.05) is 6.08 Å². The summed E-state index contributed by atoms with van der Waals surface area (Å²) in [5.74, 6) is 2.19. The molecule has 0 bridgehead atoms. The molecule has 0 unspecified atom stereocenters.